The molecule has 3 aromatic carbocycles. The topological polar surface area (TPSA) is 47.4 Å². The van der Waals surface area contributed by atoms with E-state index >= 15 is 4.39 Å². The fraction of sp³-hybridized carbons (Fsp3) is 0.333. The SMILES string of the molecule is CC(C)(c1ccc(Cl)c(Cl)c1)c1cnc(SCc2ccc(C(=O)CCCN3CCOCC3)cc2F)n1-c1ccc(F)cc1. The molecule has 1 aromatic heterocycles. The number of hydrogen-bond donors (Lipinski definition) is 0. The third kappa shape index (κ3) is 7.49. The summed E-state index contributed by atoms with van der Waals surface area (Å²) in [7, 11) is 0. The van der Waals surface area contributed by atoms with Crippen molar-refractivity contribution in [1.82, 2.24) is 14.5 Å². The Labute approximate surface area is 265 Å². The minimum absolute atomic E-state index is 0.0626. The molecule has 0 radical (unpaired) electrons. The molecule has 0 N–H and O–H groups in total. The number of morpholine rings is 1. The molecule has 0 spiro atoms. The average Bonchev–Trinajstić information content (AvgIpc) is 3.43. The summed E-state index contributed by atoms with van der Waals surface area (Å²) in [6.07, 6.45) is 2.88. The predicted molar refractivity (Wildman–Crippen MR) is 169 cm³/mol. The first-order valence-electron chi connectivity index (χ1n) is 14.2. The molecule has 1 aliphatic heterocycles. The predicted octanol–water partition coefficient (Wildman–Crippen LogP) is 8.37. The van der Waals surface area contributed by atoms with E-state index in [4.69, 9.17) is 32.9 Å². The highest BCUT2D eigenvalue weighted by Crippen LogP contribution is 2.38. The van der Waals surface area contributed by atoms with Gasteiger partial charge in [-0.1, -0.05) is 67.0 Å². The van der Waals surface area contributed by atoms with Crippen molar-refractivity contribution in [2.24, 2.45) is 0 Å². The highest BCUT2D eigenvalue weighted by molar-refractivity contribution is 7.98. The molecule has 226 valence electrons. The van der Waals surface area contributed by atoms with Crippen LogP contribution < -0.4 is 0 Å². The van der Waals surface area contributed by atoms with Gasteiger partial charge in [-0.05, 0) is 66.6 Å². The Morgan fingerprint density at radius 2 is 1.74 bits per heavy atom. The molecular weight excluding hydrogens is 611 g/mol. The van der Waals surface area contributed by atoms with Crippen LogP contribution >= 0.6 is 35.0 Å². The summed E-state index contributed by atoms with van der Waals surface area (Å²) in [6.45, 7) is 8.13. The van der Waals surface area contributed by atoms with Gasteiger partial charge in [0.15, 0.2) is 10.9 Å². The number of imidazole rings is 1. The standard InChI is InChI=1S/C33H33Cl2F2N3O2S/c1-33(2,24-7-12-27(34)28(35)19-24)31-20-38-32(40(31)26-10-8-25(36)9-11-26)43-21-23-6-5-22(18-29(23)37)30(41)4-3-13-39-14-16-42-17-15-39/h5-12,18-20H,3-4,13-17,21H2,1-2H3. The van der Waals surface area contributed by atoms with Crippen molar-refractivity contribution in [2.75, 3.05) is 32.8 Å². The third-order valence-electron chi connectivity index (χ3n) is 7.81. The van der Waals surface area contributed by atoms with Gasteiger partial charge in [0.25, 0.3) is 0 Å². The molecule has 5 rings (SSSR count). The number of ketones is 1. The lowest BCUT2D eigenvalue weighted by Gasteiger charge is -2.28. The Morgan fingerprint density at radius 1 is 1.00 bits per heavy atom. The highest BCUT2D eigenvalue weighted by Gasteiger charge is 2.30. The minimum Gasteiger partial charge on any atom is -0.379 e. The second-order valence-corrected chi connectivity index (χ2v) is 12.8. The van der Waals surface area contributed by atoms with Crippen LogP contribution in [0.1, 0.15) is 53.9 Å². The average molecular weight is 645 g/mol. The monoisotopic (exact) mass is 643 g/mol. The van der Waals surface area contributed by atoms with Crippen LogP contribution in [0.2, 0.25) is 10.0 Å². The summed E-state index contributed by atoms with van der Waals surface area (Å²) in [5, 5.41) is 1.54. The van der Waals surface area contributed by atoms with Gasteiger partial charge in [0.05, 0.1) is 35.1 Å². The molecule has 4 aromatic rings. The molecule has 0 aliphatic carbocycles. The van der Waals surface area contributed by atoms with Crippen LogP contribution in [0.4, 0.5) is 8.78 Å². The van der Waals surface area contributed by atoms with Crippen LogP contribution in [0.25, 0.3) is 5.69 Å². The van der Waals surface area contributed by atoms with Crippen molar-refractivity contribution in [3.63, 3.8) is 0 Å². The lowest BCUT2D eigenvalue weighted by Crippen LogP contribution is -2.36. The molecule has 0 atom stereocenters. The first-order valence-corrected chi connectivity index (χ1v) is 15.9. The van der Waals surface area contributed by atoms with Crippen molar-refractivity contribution < 1.29 is 18.3 Å². The molecule has 1 aliphatic rings. The maximum Gasteiger partial charge on any atom is 0.173 e. The molecule has 1 fully saturated rings. The lowest BCUT2D eigenvalue weighted by atomic mass is 9.81. The molecule has 2 heterocycles. The lowest BCUT2D eigenvalue weighted by molar-refractivity contribution is 0.0371. The second kappa shape index (κ2) is 13.9. The van der Waals surface area contributed by atoms with Gasteiger partial charge in [-0.3, -0.25) is 14.3 Å². The van der Waals surface area contributed by atoms with Gasteiger partial charge in [0.2, 0.25) is 0 Å². The number of carbonyl (C=O) groups is 1. The summed E-state index contributed by atoms with van der Waals surface area (Å²) in [5.74, 6) is -0.543. The molecule has 1 saturated heterocycles. The zero-order valence-corrected chi connectivity index (χ0v) is 26.4. The van der Waals surface area contributed by atoms with E-state index in [-0.39, 0.29) is 11.6 Å². The maximum atomic E-state index is 15.2. The minimum atomic E-state index is -0.552. The van der Waals surface area contributed by atoms with E-state index in [0.717, 1.165) is 56.2 Å². The largest absolute Gasteiger partial charge is 0.379 e. The van der Waals surface area contributed by atoms with Crippen molar-refractivity contribution in [1.29, 1.82) is 0 Å². The van der Waals surface area contributed by atoms with Gasteiger partial charge in [0, 0.05) is 41.9 Å². The molecule has 43 heavy (non-hydrogen) atoms. The van der Waals surface area contributed by atoms with Gasteiger partial charge >= 0.3 is 0 Å². The van der Waals surface area contributed by atoms with Gasteiger partial charge in [-0.2, -0.15) is 0 Å². The van der Waals surface area contributed by atoms with Crippen LogP contribution in [-0.2, 0) is 15.9 Å². The molecule has 5 nitrogen and oxygen atoms in total. The van der Waals surface area contributed by atoms with E-state index in [0.29, 0.717) is 38.5 Å². The van der Waals surface area contributed by atoms with E-state index in [1.54, 1.807) is 36.5 Å². The van der Waals surface area contributed by atoms with Crippen molar-refractivity contribution in [3.05, 3.63) is 111 Å². The van der Waals surface area contributed by atoms with Crippen molar-refractivity contribution in [2.45, 2.75) is 43.0 Å². The first-order chi connectivity index (χ1) is 20.6. The summed E-state index contributed by atoms with van der Waals surface area (Å²) in [6, 6.07) is 16.4. The Morgan fingerprint density at radius 3 is 2.44 bits per heavy atom. The first kappa shape index (κ1) is 31.7. The number of hydrogen-bond acceptors (Lipinski definition) is 5. The fourth-order valence-electron chi connectivity index (χ4n) is 5.16. The quantitative estimate of drug-likeness (QED) is 0.121. The number of nitrogens with zero attached hydrogens (tertiary/aromatic N) is 3. The van der Waals surface area contributed by atoms with E-state index in [1.807, 2.05) is 16.7 Å². The van der Waals surface area contributed by atoms with Gasteiger partial charge in [-0.25, -0.2) is 13.8 Å². The Kier molecular flexibility index (Phi) is 10.2. The second-order valence-electron chi connectivity index (χ2n) is 11.1. The van der Waals surface area contributed by atoms with Gasteiger partial charge < -0.3 is 4.74 Å². The number of thioether (sulfide) groups is 1. The number of aromatic nitrogens is 2. The van der Waals surface area contributed by atoms with Crippen molar-refractivity contribution in [3.8, 4) is 5.69 Å². The van der Waals surface area contributed by atoms with Crippen molar-refractivity contribution >= 4 is 40.7 Å². The molecule has 0 amide bonds. The molecule has 0 unspecified atom stereocenters. The van der Waals surface area contributed by atoms with Crippen LogP contribution in [0.15, 0.2) is 72.0 Å². The smallest absolute Gasteiger partial charge is 0.173 e. The zero-order valence-electron chi connectivity index (χ0n) is 24.1. The Hall–Kier alpha value is -2.75. The Balaban J connectivity index is 1.34. The fourth-order valence-corrected chi connectivity index (χ4v) is 6.44. The normalized spacial score (nSPS) is 14.3. The highest BCUT2D eigenvalue weighted by atomic mass is 35.5. The summed E-state index contributed by atoms with van der Waals surface area (Å²) < 4.78 is 36.4. The van der Waals surface area contributed by atoms with E-state index in [2.05, 4.69) is 18.7 Å². The van der Waals surface area contributed by atoms with E-state index in [9.17, 15) is 9.18 Å². The van der Waals surface area contributed by atoms with Crippen LogP contribution in [-0.4, -0.2) is 53.1 Å². The number of rotatable bonds is 11. The van der Waals surface area contributed by atoms with E-state index < -0.39 is 11.2 Å². The number of benzene rings is 3. The van der Waals surface area contributed by atoms with Crippen LogP contribution in [0.5, 0.6) is 0 Å². The summed E-state index contributed by atoms with van der Waals surface area (Å²) in [5.41, 5.74) is 2.80. The van der Waals surface area contributed by atoms with Crippen LogP contribution in [0, 0.1) is 11.6 Å². The van der Waals surface area contributed by atoms with Crippen LogP contribution in [0.3, 0.4) is 0 Å². The van der Waals surface area contributed by atoms with Gasteiger partial charge in [-0.15, -0.1) is 0 Å². The van der Waals surface area contributed by atoms with E-state index in [1.165, 1.54) is 30.0 Å². The Bertz CT molecular complexity index is 1590. The molecule has 0 bridgehead atoms. The summed E-state index contributed by atoms with van der Waals surface area (Å²) >= 11 is 13.9. The number of carbonyl (C=O) groups excluding carboxylic acids is 1. The number of ether oxygens (including phenoxy) is 1. The van der Waals surface area contributed by atoms with Gasteiger partial charge in [0.1, 0.15) is 11.6 Å². The number of halogens is 4. The maximum absolute atomic E-state index is 15.2. The zero-order chi connectivity index (χ0) is 30.6. The number of Topliss-reactive ketones (excluding diaryl/α,β-unsaturated/α-hetero) is 1. The molecule has 0 saturated carbocycles. The molecule has 10 heteroatoms. The third-order valence-corrected chi connectivity index (χ3v) is 9.55. The molecular formula is C33H33Cl2F2N3O2S. The summed E-state index contributed by atoms with van der Waals surface area (Å²) in [4.78, 5) is 19.7.